The van der Waals surface area contributed by atoms with E-state index in [-0.39, 0.29) is 48.2 Å². The van der Waals surface area contributed by atoms with E-state index in [0.717, 1.165) is 46.6 Å². The van der Waals surface area contributed by atoms with Crippen LogP contribution in [0.3, 0.4) is 0 Å². The molecule has 1 aliphatic heterocycles. The molecule has 416 valence electrons. The van der Waals surface area contributed by atoms with E-state index in [9.17, 15) is 55.7 Å². The molecule has 23 heteroatoms. The van der Waals surface area contributed by atoms with Crippen LogP contribution >= 0.6 is 0 Å². The molecule has 17 nitrogen and oxygen atoms in total. The molecule has 2 atom stereocenters. The second-order valence-corrected chi connectivity index (χ2v) is 18.0. The highest BCUT2D eigenvalue weighted by Gasteiger charge is 2.39. The number of phenols is 1. The summed E-state index contributed by atoms with van der Waals surface area (Å²) in [5.41, 5.74) is 6.91. The Morgan fingerprint density at radius 1 is 0.769 bits per heavy atom. The summed E-state index contributed by atoms with van der Waals surface area (Å²) in [5.74, 6) is -5.65. The van der Waals surface area contributed by atoms with Crippen LogP contribution in [0, 0.1) is 0 Å². The minimum Gasteiger partial charge on any atom is -0.506 e. The number of nitrogens with zero attached hydrogens (tertiary/aromatic N) is 2. The van der Waals surface area contributed by atoms with Crippen molar-refractivity contribution in [3.63, 3.8) is 0 Å². The molecule has 8 N–H and O–H groups in total. The van der Waals surface area contributed by atoms with Gasteiger partial charge >= 0.3 is 30.4 Å². The third kappa shape index (κ3) is 19.1. The van der Waals surface area contributed by atoms with Gasteiger partial charge in [-0.1, -0.05) is 91.0 Å². The number of alkyl halides is 6. The predicted molar refractivity (Wildman–Crippen MR) is 278 cm³/mol. The number of halogens is 6. The van der Waals surface area contributed by atoms with Crippen LogP contribution in [0.2, 0.25) is 0 Å². The van der Waals surface area contributed by atoms with Gasteiger partial charge in [-0.2, -0.15) is 26.3 Å². The Morgan fingerprint density at radius 2 is 1.35 bits per heavy atom. The number of aliphatic carboxylic acids is 2. The number of aromatic nitrogens is 1. The van der Waals surface area contributed by atoms with Crippen LogP contribution in [0.1, 0.15) is 54.5 Å². The first-order valence-electron chi connectivity index (χ1n) is 24.3. The lowest BCUT2D eigenvalue weighted by Gasteiger charge is -2.31. The zero-order chi connectivity index (χ0) is 57.2. The lowest BCUT2D eigenvalue weighted by molar-refractivity contribution is -0.193. The standard InChI is InChI=1S/C51H56N6O7.2C2HF3O2/c1-34(52-33-46(59)42-20-22-45(58)50-43(42)21-23-47(60)55-50)30-35-12-14-36(15-13-35)31-48(61)53-32-37-16-18-39(19-17-37)56(2)49(62)26-29-57-27-24-40(25-28-57)64-51(63)54-44-11-7-6-10-41(44)38-8-4-3-5-9-38;2*3-2(4,5)1(6)7/h3-23,34,40,46,52,58-59H,24-33H2,1-2H3,(H,53,61)(H,54,63)(H,55,60);2*(H,6,7)/t34?,46-;;/m0../s1. The summed E-state index contributed by atoms with van der Waals surface area (Å²) in [4.78, 5) is 74.8. The number of rotatable bonds is 17. The smallest absolute Gasteiger partial charge is 0.490 e. The number of anilines is 2. The lowest BCUT2D eigenvalue weighted by atomic mass is 10.0. The first kappa shape index (κ1) is 60.6. The number of para-hydroxylation sites is 1. The van der Waals surface area contributed by atoms with E-state index in [1.165, 1.54) is 12.1 Å². The number of carbonyl (C=O) groups excluding carboxylic acids is 3. The monoisotopic (exact) mass is 1090 g/mol. The number of aromatic hydroxyl groups is 1. The highest BCUT2D eigenvalue weighted by atomic mass is 19.4. The van der Waals surface area contributed by atoms with Gasteiger partial charge in [0.2, 0.25) is 17.4 Å². The Morgan fingerprint density at radius 3 is 1.96 bits per heavy atom. The van der Waals surface area contributed by atoms with Crippen LogP contribution in [0.25, 0.3) is 22.0 Å². The van der Waals surface area contributed by atoms with Gasteiger partial charge in [0.15, 0.2) is 0 Å². The summed E-state index contributed by atoms with van der Waals surface area (Å²) in [6.45, 7) is 4.77. The number of carboxylic acid groups (broad SMARTS) is 2. The van der Waals surface area contributed by atoms with Crippen molar-refractivity contribution in [1.29, 1.82) is 0 Å². The maximum atomic E-state index is 13.1. The first-order chi connectivity index (χ1) is 36.9. The number of ether oxygens (including phenoxy) is 1. The van der Waals surface area contributed by atoms with Crippen molar-refractivity contribution in [2.75, 3.05) is 43.4 Å². The summed E-state index contributed by atoms with van der Waals surface area (Å²) in [6, 6.07) is 39.2. The number of piperidine rings is 1. The zero-order valence-electron chi connectivity index (χ0n) is 42.2. The summed E-state index contributed by atoms with van der Waals surface area (Å²) < 4.78 is 69.2. The number of hydrogen-bond acceptors (Lipinski definition) is 11. The van der Waals surface area contributed by atoms with Gasteiger partial charge in [-0.3, -0.25) is 19.7 Å². The second-order valence-electron chi connectivity index (χ2n) is 18.0. The summed E-state index contributed by atoms with van der Waals surface area (Å²) in [7, 11) is 1.77. The fourth-order valence-electron chi connectivity index (χ4n) is 8.05. The molecule has 1 aromatic heterocycles. The fraction of sp³-hybridized carbons (Fsp3) is 0.309. The number of aromatic amines is 1. The van der Waals surface area contributed by atoms with Crippen molar-refractivity contribution in [1.82, 2.24) is 20.5 Å². The van der Waals surface area contributed by atoms with Crippen molar-refractivity contribution in [2.45, 2.75) is 76.2 Å². The molecule has 7 rings (SSSR count). The molecule has 1 saturated heterocycles. The van der Waals surface area contributed by atoms with Gasteiger partial charge in [0.1, 0.15) is 11.9 Å². The third-order valence-corrected chi connectivity index (χ3v) is 12.2. The number of phenolic OH excluding ortho intramolecular Hbond substituents is 1. The van der Waals surface area contributed by atoms with Crippen molar-refractivity contribution in [2.24, 2.45) is 0 Å². The number of H-pyrrole nitrogens is 1. The van der Waals surface area contributed by atoms with Gasteiger partial charge in [-0.05, 0) is 84.3 Å². The number of likely N-dealkylation sites (tertiary alicyclic amines) is 1. The molecule has 1 fully saturated rings. The van der Waals surface area contributed by atoms with Gasteiger partial charge in [0.25, 0.3) is 0 Å². The van der Waals surface area contributed by atoms with Crippen LogP contribution in [0.5, 0.6) is 5.75 Å². The molecule has 0 bridgehead atoms. The van der Waals surface area contributed by atoms with E-state index >= 15 is 0 Å². The third-order valence-electron chi connectivity index (χ3n) is 12.2. The highest BCUT2D eigenvalue weighted by molar-refractivity contribution is 5.93. The zero-order valence-corrected chi connectivity index (χ0v) is 42.2. The second kappa shape index (κ2) is 28.2. The Labute approximate surface area is 443 Å². The average molecular weight is 1090 g/mol. The number of carbonyl (C=O) groups is 5. The Hall–Kier alpha value is -8.28. The molecular weight excluding hydrogens is 1030 g/mol. The number of nitrogens with one attached hydrogen (secondary N) is 4. The van der Waals surface area contributed by atoms with Gasteiger partial charge in [-0.15, -0.1) is 0 Å². The number of carboxylic acids is 2. The van der Waals surface area contributed by atoms with E-state index < -0.39 is 36.5 Å². The Bertz CT molecular complexity index is 3000. The van der Waals surface area contributed by atoms with Crippen LogP contribution in [0.15, 0.2) is 132 Å². The van der Waals surface area contributed by atoms with Crippen molar-refractivity contribution < 1.29 is 75.5 Å². The van der Waals surface area contributed by atoms with Crippen LogP contribution in [0.4, 0.5) is 42.5 Å². The predicted octanol–water partition coefficient (Wildman–Crippen LogP) is 8.35. The maximum Gasteiger partial charge on any atom is 0.490 e. The van der Waals surface area contributed by atoms with Crippen LogP contribution < -0.4 is 26.4 Å². The number of aliphatic hydroxyl groups is 1. The lowest BCUT2D eigenvalue weighted by Crippen LogP contribution is -2.40. The molecule has 5 aromatic carbocycles. The van der Waals surface area contributed by atoms with Gasteiger partial charge in [-0.25, -0.2) is 14.4 Å². The Balaban J connectivity index is 0.000000706. The van der Waals surface area contributed by atoms with Gasteiger partial charge in [0, 0.05) is 74.9 Å². The van der Waals surface area contributed by atoms with Crippen LogP contribution in [-0.4, -0.2) is 118 Å². The van der Waals surface area contributed by atoms with E-state index in [1.54, 1.807) is 24.1 Å². The molecule has 1 unspecified atom stereocenters. The maximum absolute atomic E-state index is 13.1. The highest BCUT2D eigenvalue weighted by Crippen LogP contribution is 2.30. The van der Waals surface area contributed by atoms with Crippen molar-refractivity contribution in [3.8, 4) is 16.9 Å². The normalized spacial score (nSPS) is 13.6. The molecule has 0 saturated carbocycles. The van der Waals surface area contributed by atoms with Crippen molar-refractivity contribution >= 4 is 52.1 Å². The number of fused-ring (bicyclic) bond motifs is 1. The average Bonchev–Trinajstić information content (AvgIpc) is 3.41. The minimum atomic E-state index is -5.08. The largest absolute Gasteiger partial charge is 0.506 e. The topological polar surface area (TPSA) is 251 Å². The number of hydrogen-bond donors (Lipinski definition) is 8. The molecule has 78 heavy (non-hydrogen) atoms. The minimum absolute atomic E-state index is 0.00579. The number of amides is 3. The van der Waals surface area contributed by atoms with E-state index in [2.05, 4.69) is 25.8 Å². The van der Waals surface area contributed by atoms with E-state index in [0.29, 0.717) is 60.9 Å². The molecular formula is C55H58F6N6O11. The summed E-state index contributed by atoms with van der Waals surface area (Å²) >= 11 is 0. The molecule has 2 heterocycles. The van der Waals surface area contributed by atoms with E-state index in [1.807, 2.05) is 110 Å². The molecule has 0 radical (unpaired) electrons. The molecule has 3 amide bonds. The molecule has 1 aliphatic rings. The van der Waals surface area contributed by atoms with Gasteiger partial charge in [0.05, 0.1) is 23.7 Å². The molecule has 6 aromatic rings. The van der Waals surface area contributed by atoms with E-state index in [4.69, 9.17) is 24.5 Å². The Kier molecular flexibility index (Phi) is 21.9. The summed E-state index contributed by atoms with van der Waals surface area (Å²) in [5, 5.41) is 45.2. The number of pyridine rings is 1. The first-order valence-corrected chi connectivity index (χ1v) is 24.3. The fourth-order valence-corrected chi connectivity index (χ4v) is 8.05. The van der Waals surface area contributed by atoms with Crippen LogP contribution in [-0.2, 0) is 43.3 Å². The SMILES string of the molecule is CC(Cc1ccc(CC(=O)NCc2ccc(N(C)C(=O)CCN3CCC(OC(=O)Nc4ccccc4-c4ccccc4)CC3)cc2)cc1)NC[C@H](O)c1ccc(O)c2[nH]c(=O)ccc12.O=C(O)C(F)(F)F.O=C(O)C(F)(F)F. The van der Waals surface area contributed by atoms with Crippen molar-refractivity contribution in [3.05, 3.63) is 160 Å². The number of benzene rings is 5. The molecule has 0 spiro atoms. The van der Waals surface area contributed by atoms with Gasteiger partial charge < -0.3 is 50.6 Å². The summed E-state index contributed by atoms with van der Waals surface area (Å²) in [6.07, 6.45) is -8.96. The molecule has 0 aliphatic carbocycles. The quantitative estimate of drug-likeness (QED) is 0.0401. The number of aliphatic hydroxyl groups excluding tert-OH is 1.